The highest BCUT2D eigenvalue weighted by molar-refractivity contribution is 7.16. The lowest BCUT2D eigenvalue weighted by atomic mass is 10.1. The SMILES string of the molecule is CCOC(=O)c1cc(CN2C(=O)c3ccccc3C2=O)sc1NC(=O)/C=C/c1ccc(OCc2ccccc2)cc1. The zero-order valence-electron chi connectivity index (χ0n) is 22.2. The minimum atomic E-state index is -0.609. The number of ether oxygens (including phenoxy) is 2. The zero-order chi connectivity index (χ0) is 28.8. The van der Waals surface area contributed by atoms with Gasteiger partial charge in [0.25, 0.3) is 11.8 Å². The lowest BCUT2D eigenvalue weighted by Crippen LogP contribution is -2.28. The van der Waals surface area contributed by atoms with Gasteiger partial charge in [-0.3, -0.25) is 19.3 Å². The number of rotatable bonds is 10. The average Bonchev–Trinajstić information content (AvgIpc) is 3.50. The van der Waals surface area contributed by atoms with E-state index in [1.54, 1.807) is 43.3 Å². The first kappa shape index (κ1) is 27.5. The summed E-state index contributed by atoms with van der Waals surface area (Å²) in [6.45, 7) is 2.26. The molecular weight excluding hydrogens is 540 g/mol. The topological polar surface area (TPSA) is 102 Å². The summed E-state index contributed by atoms with van der Waals surface area (Å²) in [6.07, 6.45) is 3.01. The van der Waals surface area contributed by atoms with E-state index < -0.39 is 23.7 Å². The predicted octanol–water partition coefficient (Wildman–Crippen LogP) is 5.95. The van der Waals surface area contributed by atoms with E-state index in [0.29, 0.717) is 28.4 Å². The maximum atomic E-state index is 12.8. The summed E-state index contributed by atoms with van der Waals surface area (Å²) in [7, 11) is 0. The summed E-state index contributed by atoms with van der Waals surface area (Å²) in [6, 6.07) is 25.3. The van der Waals surface area contributed by atoms with Crippen molar-refractivity contribution in [3.05, 3.63) is 124 Å². The van der Waals surface area contributed by atoms with Gasteiger partial charge in [-0.05, 0) is 54.5 Å². The van der Waals surface area contributed by atoms with Crippen LogP contribution in [-0.2, 0) is 22.7 Å². The predicted molar refractivity (Wildman–Crippen MR) is 156 cm³/mol. The van der Waals surface area contributed by atoms with Crippen molar-refractivity contribution in [3.63, 3.8) is 0 Å². The highest BCUT2D eigenvalue weighted by atomic mass is 32.1. The van der Waals surface area contributed by atoms with Crippen LogP contribution < -0.4 is 10.1 Å². The third-order valence-electron chi connectivity index (χ3n) is 6.26. The molecule has 0 atom stereocenters. The van der Waals surface area contributed by atoms with Crippen LogP contribution >= 0.6 is 11.3 Å². The molecular formula is C32H26N2O6S. The number of esters is 1. The molecule has 0 radical (unpaired) electrons. The molecule has 0 unspecified atom stereocenters. The van der Waals surface area contributed by atoms with Crippen LogP contribution in [0.25, 0.3) is 6.08 Å². The minimum absolute atomic E-state index is 0.0339. The number of hydrogen-bond acceptors (Lipinski definition) is 7. The Balaban J connectivity index is 1.25. The number of thiophene rings is 1. The lowest BCUT2D eigenvalue weighted by molar-refractivity contribution is -0.111. The molecule has 0 saturated carbocycles. The molecule has 0 saturated heterocycles. The number of fused-ring (bicyclic) bond motifs is 1. The summed E-state index contributed by atoms with van der Waals surface area (Å²) >= 11 is 1.11. The molecule has 3 aromatic carbocycles. The molecule has 3 amide bonds. The standard InChI is InChI=1S/C32H26N2O6S/c1-2-39-32(38)27-18-24(19-34-30(36)25-10-6-7-11-26(25)31(34)37)41-29(27)33-28(35)17-14-21-12-15-23(16-13-21)40-20-22-8-4-3-5-9-22/h3-18H,2,19-20H2,1H3,(H,33,35)/b17-14+. The molecule has 1 N–H and O–H groups in total. The summed E-state index contributed by atoms with van der Waals surface area (Å²) in [5.41, 5.74) is 2.69. The van der Waals surface area contributed by atoms with Gasteiger partial charge >= 0.3 is 5.97 Å². The smallest absolute Gasteiger partial charge is 0.341 e. The van der Waals surface area contributed by atoms with Crippen LogP contribution in [0.15, 0.2) is 91.0 Å². The number of nitrogens with zero attached hydrogens (tertiary/aromatic N) is 1. The number of amides is 3. The van der Waals surface area contributed by atoms with Gasteiger partial charge < -0.3 is 14.8 Å². The first-order chi connectivity index (χ1) is 19.9. The van der Waals surface area contributed by atoms with Gasteiger partial charge in [-0.15, -0.1) is 11.3 Å². The van der Waals surface area contributed by atoms with Crippen molar-refractivity contribution in [1.29, 1.82) is 0 Å². The van der Waals surface area contributed by atoms with E-state index >= 15 is 0 Å². The number of anilines is 1. The first-order valence-electron chi connectivity index (χ1n) is 12.9. The minimum Gasteiger partial charge on any atom is -0.489 e. The molecule has 2 heterocycles. The van der Waals surface area contributed by atoms with Crippen molar-refractivity contribution >= 4 is 46.1 Å². The van der Waals surface area contributed by atoms with Gasteiger partial charge in [0.15, 0.2) is 0 Å². The van der Waals surface area contributed by atoms with Crippen molar-refractivity contribution in [2.24, 2.45) is 0 Å². The van der Waals surface area contributed by atoms with Crippen LogP contribution in [0.3, 0.4) is 0 Å². The molecule has 0 fully saturated rings. The third-order valence-corrected chi connectivity index (χ3v) is 7.30. The molecule has 8 nitrogen and oxygen atoms in total. The Morgan fingerprint density at radius 3 is 2.22 bits per heavy atom. The third kappa shape index (κ3) is 6.42. The van der Waals surface area contributed by atoms with Gasteiger partial charge in [0.05, 0.1) is 29.8 Å². The number of carbonyl (C=O) groups excluding carboxylic acids is 4. The Bertz CT molecular complexity index is 1590. The van der Waals surface area contributed by atoms with Crippen molar-refractivity contribution < 1.29 is 28.7 Å². The normalized spacial score (nSPS) is 12.5. The number of benzene rings is 3. The summed E-state index contributed by atoms with van der Waals surface area (Å²) in [5, 5.41) is 3.01. The molecule has 0 spiro atoms. The van der Waals surface area contributed by atoms with Crippen molar-refractivity contribution in [2.75, 3.05) is 11.9 Å². The maximum absolute atomic E-state index is 12.8. The first-order valence-corrected chi connectivity index (χ1v) is 13.8. The van der Waals surface area contributed by atoms with E-state index in [2.05, 4.69) is 5.32 Å². The van der Waals surface area contributed by atoms with Crippen LogP contribution in [0.1, 0.15) is 54.0 Å². The second kappa shape index (κ2) is 12.4. The monoisotopic (exact) mass is 566 g/mol. The van der Waals surface area contributed by atoms with Gasteiger partial charge in [0.2, 0.25) is 5.91 Å². The van der Waals surface area contributed by atoms with Gasteiger partial charge in [-0.25, -0.2) is 4.79 Å². The number of carbonyl (C=O) groups is 4. The van der Waals surface area contributed by atoms with Crippen molar-refractivity contribution in [2.45, 2.75) is 20.1 Å². The van der Waals surface area contributed by atoms with Crippen LogP contribution in [0.5, 0.6) is 5.75 Å². The highest BCUT2D eigenvalue weighted by Gasteiger charge is 2.35. The largest absolute Gasteiger partial charge is 0.489 e. The van der Waals surface area contributed by atoms with E-state index in [-0.39, 0.29) is 23.7 Å². The van der Waals surface area contributed by atoms with Gasteiger partial charge in [-0.2, -0.15) is 0 Å². The molecule has 1 aliphatic rings. The fraction of sp³-hybridized carbons (Fsp3) is 0.125. The van der Waals surface area contributed by atoms with Crippen LogP contribution in [0, 0.1) is 0 Å². The van der Waals surface area contributed by atoms with Crippen LogP contribution in [0.2, 0.25) is 0 Å². The molecule has 1 aromatic heterocycles. The Kier molecular flexibility index (Phi) is 8.36. The molecule has 0 bridgehead atoms. The zero-order valence-corrected chi connectivity index (χ0v) is 23.0. The Labute approximate surface area is 240 Å². The van der Waals surface area contributed by atoms with E-state index in [1.165, 1.54) is 6.08 Å². The number of imide groups is 1. The molecule has 0 aliphatic carbocycles. The molecule has 4 aromatic rings. The van der Waals surface area contributed by atoms with Gasteiger partial charge in [0, 0.05) is 11.0 Å². The number of nitrogens with one attached hydrogen (secondary N) is 1. The van der Waals surface area contributed by atoms with Crippen LogP contribution in [-0.4, -0.2) is 35.2 Å². The van der Waals surface area contributed by atoms with Crippen molar-refractivity contribution in [1.82, 2.24) is 4.90 Å². The second-order valence-corrected chi connectivity index (χ2v) is 10.2. The van der Waals surface area contributed by atoms with Crippen molar-refractivity contribution in [3.8, 4) is 5.75 Å². The average molecular weight is 567 g/mol. The van der Waals surface area contributed by atoms with Gasteiger partial charge in [0.1, 0.15) is 17.4 Å². The van der Waals surface area contributed by atoms with E-state index in [1.807, 2.05) is 54.6 Å². The maximum Gasteiger partial charge on any atom is 0.341 e. The van der Waals surface area contributed by atoms with Crippen LogP contribution in [0.4, 0.5) is 5.00 Å². The molecule has 206 valence electrons. The van der Waals surface area contributed by atoms with Gasteiger partial charge in [-0.1, -0.05) is 54.6 Å². The Morgan fingerprint density at radius 2 is 1.56 bits per heavy atom. The molecule has 5 rings (SSSR count). The fourth-order valence-electron chi connectivity index (χ4n) is 4.25. The number of hydrogen-bond donors (Lipinski definition) is 1. The summed E-state index contributed by atoms with van der Waals surface area (Å²) < 4.78 is 11.0. The second-order valence-electron chi connectivity index (χ2n) is 9.08. The Hall–Kier alpha value is -5.02. The molecule has 9 heteroatoms. The Morgan fingerprint density at radius 1 is 0.902 bits per heavy atom. The van der Waals surface area contributed by atoms with E-state index in [4.69, 9.17) is 9.47 Å². The van der Waals surface area contributed by atoms with E-state index in [0.717, 1.165) is 27.4 Å². The lowest BCUT2D eigenvalue weighted by Gasteiger charge is -2.12. The summed E-state index contributed by atoms with van der Waals surface area (Å²) in [4.78, 5) is 52.6. The van der Waals surface area contributed by atoms with E-state index in [9.17, 15) is 19.2 Å². The molecule has 1 aliphatic heterocycles. The molecule has 41 heavy (non-hydrogen) atoms. The highest BCUT2D eigenvalue weighted by Crippen LogP contribution is 2.32. The quantitative estimate of drug-likeness (QED) is 0.145. The summed E-state index contributed by atoms with van der Waals surface area (Å²) in [5.74, 6) is -1.15. The fourth-order valence-corrected chi connectivity index (χ4v) is 5.29.